The fourth-order valence-electron chi connectivity index (χ4n) is 2.05. The number of fused-ring (bicyclic) bond motifs is 2. The molecule has 1 aliphatic heterocycles. The van der Waals surface area contributed by atoms with Crippen molar-refractivity contribution in [3.63, 3.8) is 0 Å². The average Bonchev–Trinajstić information content (AvgIpc) is 2.28. The van der Waals surface area contributed by atoms with E-state index in [9.17, 15) is 9.59 Å². The smallest absolute Gasteiger partial charge is 0.310 e. The standard InChI is InChI=1S/C8H10O4/c9-7(10)5-2-1-4-3-6(5)8(11)12-4/h4-6H,1-3H2,(H,9,10)/t4-,5+,6+/m1/s1. The molecule has 0 unspecified atom stereocenters. The first-order chi connectivity index (χ1) is 5.68. The van der Waals surface area contributed by atoms with Gasteiger partial charge in [-0.3, -0.25) is 9.59 Å². The lowest BCUT2D eigenvalue weighted by atomic mass is 9.80. The molecular formula is C8H10O4. The fraction of sp³-hybridized carbons (Fsp3) is 0.750. The molecule has 66 valence electrons. The summed E-state index contributed by atoms with van der Waals surface area (Å²) in [5, 5.41) is 8.77. The zero-order valence-corrected chi connectivity index (χ0v) is 6.53. The molecule has 2 aliphatic rings. The molecule has 0 radical (unpaired) electrons. The second-order valence-electron chi connectivity index (χ2n) is 3.42. The van der Waals surface area contributed by atoms with Gasteiger partial charge in [0.15, 0.2) is 0 Å². The van der Waals surface area contributed by atoms with Crippen LogP contribution in [0.1, 0.15) is 19.3 Å². The minimum absolute atomic E-state index is 0.00176. The third-order valence-corrected chi connectivity index (χ3v) is 2.70. The topological polar surface area (TPSA) is 63.6 Å². The Kier molecular flexibility index (Phi) is 1.56. The van der Waals surface area contributed by atoms with Gasteiger partial charge in [-0.05, 0) is 19.3 Å². The first-order valence-electron chi connectivity index (χ1n) is 4.12. The van der Waals surface area contributed by atoms with Crippen molar-refractivity contribution in [2.45, 2.75) is 25.4 Å². The summed E-state index contributed by atoms with van der Waals surface area (Å²) in [5.74, 6) is -2.06. The van der Waals surface area contributed by atoms with E-state index < -0.39 is 11.9 Å². The van der Waals surface area contributed by atoms with E-state index >= 15 is 0 Å². The van der Waals surface area contributed by atoms with Gasteiger partial charge in [0.25, 0.3) is 0 Å². The monoisotopic (exact) mass is 170 g/mol. The van der Waals surface area contributed by atoms with Crippen LogP contribution in [0.5, 0.6) is 0 Å². The van der Waals surface area contributed by atoms with Gasteiger partial charge < -0.3 is 9.84 Å². The maximum absolute atomic E-state index is 11.1. The van der Waals surface area contributed by atoms with Crippen LogP contribution in [0, 0.1) is 11.8 Å². The zero-order chi connectivity index (χ0) is 8.72. The SMILES string of the molecule is O=C(O)[C@H]1CC[C@@H]2C[C@@H]1C(=O)O2. The normalized spacial score (nSPS) is 39.3. The second-order valence-corrected chi connectivity index (χ2v) is 3.42. The quantitative estimate of drug-likeness (QED) is 0.579. The third-order valence-electron chi connectivity index (χ3n) is 2.70. The second kappa shape index (κ2) is 2.47. The minimum Gasteiger partial charge on any atom is -0.481 e. The van der Waals surface area contributed by atoms with E-state index in [1.807, 2.05) is 0 Å². The molecule has 1 heterocycles. The van der Waals surface area contributed by atoms with Crippen molar-refractivity contribution in [2.24, 2.45) is 11.8 Å². The van der Waals surface area contributed by atoms with Gasteiger partial charge in [0, 0.05) is 0 Å². The number of ether oxygens (including phenoxy) is 1. The largest absolute Gasteiger partial charge is 0.481 e. The molecule has 0 amide bonds. The van der Waals surface area contributed by atoms with Crippen molar-refractivity contribution < 1.29 is 19.4 Å². The van der Waals surface area contributed by atoms with Crippen LogP contribution in [-0.4, -0.2) is 23.1 Å². The highest BCUT2D eigenvalue weighted by Crippen LogP contribution is 2.38. The number of rotatable bonds is 1. The summed E-state index contributed by atoms with van der Waals surface area (Å²) >= 11 is 0. The van der Waals surface area contributed by atoms with Crippen molar-refractivity contribution in [3.8, 4) is 0 Å². The van der Waals surface area contributed by atoms with Crippen LogP contribution in [0.2, 0.25) is 0 Å². The van der Waals surface area contributed by atoms with Crippen molar-refractivity contribution in [3.05, 3.63) is 0 Å². The van der Waals surface area contributed by atoms with Crippen LogP contribution in [0.15, 0.2) is 0 Å². The molecule has 0 spiro atoms. The van der Waals surface area contributed by atoms with E-state index in [0.717, 1.165) is 0 Å². The number of hydrogen-bond acceptors (Lipinski definition) is 3. The molecule has 1 saturated carbocycles. The van der Waals surface area contributed by atoms with Gasteiger partial charge in [0.05, 0.1) is 11.8 Å². The highest BCUT2D eigenvalue weighted by Gasteiger charge is 2.46. The Morgan fingerprint density at radius 3 is 2.92 bits per heavy atom. The summed E-state index contributed by atoms with van der Waals surface area (Å²) in [5.41, 5.74) is 0. The van der Waals surface area contributed by atoms with E-state index in [1.165, 1.54) is 0 Å². The van der Waals surface area contributed by atoms with Crippen LogP contribution in [0.3, 0.4) is 0 Å². The van der Waals surface area contributed by atoms with Crippen molar-refractivity contribution in [1.29, 1.82) is 0 Å². The van der Waals surface area contributed by atoms with Gasteiger partial charge in [-0.2, -0.15) is 0 Å². The van der Waals surface area contributed by atoms with Crippen molar-refractivity contribution in [1.82, 2.24) is 0 Å². The Labute approximate surface area is 69.5 Å². The highest BCUT2D eigenvalue weighted by molar-refractivity contribution is 5.83. The summed E-state index contributed by atoms with van der Waals surface area (Å²) in [4.78, 5) is 21.8. The molecule has 2 rings (SSSR count). The molecule has 1 N–H and O–H groups in total. The fourth-order valence-corrected chi connectivity index (χ4v) is 2.05. The van der Waals surface area contributed by atoms with Crippen molar-refractivity contribution in [2.75, 3.05) is 0 Å². The Balaban J connectivity index is 2.18. The van der Waals surface area contributed by atoms with Crippen LogP contribution in [-0.2, 0) is 14.3 Å². The Hall–Kier alpha value is -1.06. The maximum Gasteiger partial charge on any atom is 0.310 e. The van der Waals surface area contributed by atoms with Gasteiger partial charge in [0.2, 0.25) is 0 Å². The number of carbonyl (C=O) groups excluding carboxylic acids is 1. The van der Waals surface area contributed by atoms with Crippen LogP contribution in [0.25, 0.3) is 0 Å². The number of hydrogen-bond donors (Lipinski definition) is 1. The van der Waals surface area contributed by atoms with E-state index in [4.69, 9.17) is 9.84 Å². The molecule has 4 heteroatoms. The van der Waals surface area contributed by atoms with Crippen molar-refractivity contribution >= 4 is 11.9 Å². The molecule has 0 aromatic carbocycles. The molecule has 3 atom stereocenters. The summed E-state index contributed by atoms with van der Waals surface area (Å²) in [6, 6.07) is 0. The van der Waals surface area contributed by atoms with Gasteiger partial charge in [0.1, 0.15) is 6.10 Å². The maximum atomic E-state index is 11.1. The molecular weight excluding hydrogens is 160 g/mol. The molecule has 2 fully saturated rings. The van der Waals surface area contributed by atoms with Crippen LogP contribution < -0.4 is 0 Å². The minimum atomic E-state index is -0.864. The highest BCUT2D eigenvalue weighted by atomic mass is 16.6. The average molecular weight is 170 g/mol. The molecule has 1 saturated heterocycles. The van der Waals surface area contributed by atoms with Gasteiger partial charge >= 0.3 is 11.9 Å². The molecule has 4 nitrogen and oxygen atoms in total. The predicted molar refractivity (Wildman–Crippen MR) is 38.3 cm³/mol. The summed E-state index contributed by atoms with van der Waals surface area (Å²) in [6.07, 6.45) is 1.89. The number of esters is 1. The molecule has 1 aliphatic carbocycles. The first-order valence-corrected chi connectivity index (χ1v) is 4.12. The van der Waals surface area contributed by atoms with Crippen LogP contribution >= 0.6 is 0 Å². The number of carboxylic acids is 1. The predicted octanol–water partition coefficient (Wildman–Crippen LogP) is 0.413. The summed E-state index contributed by atoms with van der Waals surface area (Å²) in [6.45, 7) is 0. The Bertz CT molecular complexity index is 235. The van der Waals surface area contributed by atoms with E-state index in [2.05, 4.69) is 0 Å². The van der Waals surface area contributed by atoms with Crippen LogP contribution in [0.4, 0.5) is 0 Å². The lowest BCUT2D eigenvalue weighted by Crippen LogP contribution is -2.29. The number of aliphatic carboxylic acids is 1. The Morgan fingerprint density at radius 1 is 1.50 bits per heavy atom. The van der Waals surface area contributed by atoms with E-state index in [-0.39, 0.29) is 18.0 Å². The summed E-state index contributed by atoms with van der Waals surface area (Å²) < 4.78 is 4.96. The summed E-state index contributed by atoms with van der Waals surface area (Å²) in [7, 11) is 0. The van der Waals surface area contributed by atoms with Gasteiger partial charge in [-0.15, -0.1) is 0 Å². The number of carbonyl (C=O) groups is 2. The molecule has 0 aromatic rings. The molecule has 2 bridgehead atoms. The molecule has 12 heavy (non-hydrogen) atoms. The van der Waals surface area contributed by atoms with E-state index in [1.54, 1.807) is 0 Å². The van der Waals surface area contributed by atoms with Gasteiger partial charge in [-0.25, -0.2) is 0 Å². The number of carboxylic acid groups (broad SMARTS) is 1. The Morgan fingerprint density at radius 2 is 2.25 bits per heavy atom. The van der Waals surface area contributed by atoms with E-state index in [0.29, 0.717) is 19.3 Å². The molecule has 0 aromatic heterocycles. The lowest BCUT2D eigenvalue weighted by molar-refractivity contribution is -0.150. The lowest BCUT2D eigenvalue weighted by Gasteiger charge is -2.20. The van der Waals surface area contributed by atoms with Gasteiger partial charge in [-0.1, -0.05) is 0 Å². The first kappa shape index (κ1) is 7.58. The third kappa shape index (κ3) is 0.983. The zero-order valence-electron chi connectivity index (χ0n) is 6.53.